The van der Waals surface area contributed by atoms with Gasteiger partial charge in [0.1, 0.15) is 46.6 Å². The zero-order valence-corrected chi connectivity index (χ0v) is 50.2. The molecular weight excluding hydrogens is 1120 g/mol. The average molecular weight is 1170 g/mol. The standard InChI is InChI=1S/C72H52N18/c1-38-74-39(2)79-68(78-38)48-20-26-61-57(32-48)58-33-49(69-80-40(3)75-41(4)81-69)21-27-62(58)89(61)54-25-19-53(37-73)55(36-54)56-31-52(72-87-66(46-15-11-9-12-16-46)86-67(88-72)47-17-13-10-14-18-47)24-28-63(56)90-64-29-22-50(70-82-42(5)76-43(6)83-70)34-59(64)60-35-51(23-30-65(60)90)71-84-44(7)77-45(8)85-71/h9-36H,1-8H3. The van der Waals surface area contributed by atoms with Crippen LogP contribution in [0.5, 0.6) is 0 Å². The Balaban J connectivity index is 1.01. The summed E-state index contributed by atoms with van der Waals surface area (Å²) in [5, 5.41) is 15.2. The molecule has 7 heterocycles. The van der Waals surface area contributed by atoms with Gasteiger partial charge < -0.3 is 9.13 Å². The number of nitrogens with zero attached hydrogens (tertiary/aromatic N) is 18. The summed E-state index contributed by atoms with van der Waals surface area (Å²) in [6.07, 6.45) is 0. The maximum absolute atomic E-state index is 11.5. The lowest BCUT2D eigenvalue weighted by atomic mass is 9.95. The molecule has 0 unspecified atom stereocenters. The average Bonchev–Trinajstić information content (AvgIpc) is 1.56. The molecule has 0 spiro atoms. The summed E-state index contributed by atoms with van der Waals surface area (Å²) >= 11 is 0. The van der Waals surface area contributed by atoms with E-state index in [1.807, 2.05) is 159 Å². The van der Waals surface area contributed by atoms with Crippen molar-refractivity contribution in [3.05, 3.63) is 222 Å². The van der Waals surface area contributed by atoms with Crippen molar-refractivity contribution in [3.8, 4) is 108 Å². The molecule has 0 N–H and O–H groups in total. The molecule has 90 heavy (non-hydrogen) atoms. The normalized spacial score (nSPS) is 11.5. The van der Waals surface area contributed by atoms with E-state index in [0.29, 0.717) is 104 Å². The number of hydrogen-bond donors (Lipinski definition) is 0. The molecule has 0 radical (unpaired) electrons. The quantitative estimate of drug-likeness (QED) is 0.124. The van der Waals surface area contributed by atoms with E-state index in [2.05, 4.69) is 102 Å². The first-order valence-electron chi connectivity index (χ1n) is 29.3. The first-order valence-corrected chi connectivity index (χ1v) is 29.3. The van der Waals surface area contributed by atoms with E-state index in [9.17, 15) is 5.26 Å². The fourth-order valence-corrected chi connectivity index (χ4v) is 12.1. The molecule has 0 amide bonds. The Kier molecular flexibility index (Phi) is 13.1. The molecule has 7 aromatic heterocycles. The lowest BCUT2D eigenvalue weighted by molar-refractivity contribution is 0.928. The highest BCUT2D eigenvalue weighted by atomic mass is 15.1. The summed E-state index contributed by atoms with van der Waals surface area (Å²) in [4.78, 5) is 71.7. The van der Waals surface area contributed by atoms with Gasteiger partial charge in [-0.05, 0) is 165 Å². The Morgan fingerprint density at radius 3 is 0.933 bits per heavy atom. The summed E-state index contributed by atoms with van der Waals surface area (Å²) < 4.78 is 4.50. The molecule has 0 aliphatic heterocycles. The molecule has 18 nitrogen and oxygen atoms in total. The van der Waals surface area contributed by atoms with Gasteiger partial charge >= 0.3 is 0 Å². The SMILES string of the molecule is Cc1nc(C)nc(-c2ccc3c(c2)c2cc(-c4nc(C)nc(C)n4)ccc2n3-c2ccc(C#N)c(-c3cc(-c4nc(-c5ccccc5)nc(-c5ccccc5)n4)ccc3-n3c4ccc(-c5nc(C)nc(C)n5)cc4c4cc(-c5nc(C)nc(C)n5)ccc43)c2)n1. The predicted molar refractivity (Wildman–Crippen MR) is 348 cm³/mol. The van der Waals surface area contributed by atoms with E-state index in [0.717, 1.165) is 93.9 Å². The molecule has 15 rings (SSSR count). The predicted octanol–water partition coefficient (Wildman–Crippen LogP) is 14.5. The van der Waals surface area contributed by atoms with Gasteiger partial charge in [0.2, 0.25) is 0 Å². The molecule has 0 bridgehead atoms. The minimum absolute atomic E-state index is 0.445. The highest BCUT2D eigenvalue weighted by molar-refractivity contribution is 6.13. The van der Waals surface area contributed by atoms with Gasteiger partial charge in [0, 0.05) is 77.3 Å². The molecular formula is C72H52N18. The second kappa shape index (κ2) is 21.7. The minimum Gasteiger partial charge on any atom is -0.309 e. The second-order valence-electron chi connectivity index (χ2n) is 22.2. The van der Waals surface area contributed by atoms with E-state index in [-0.39, 0.29) is 0 Å². The van der Waals surface area contributed by atoms with E-state index in [4.69, 9.17) is 54.8 Å². The molecule has 430 valence electrons. The van der Waals surface area contributed by atoms with Crippen molar-refractivity contribution in [3.63, 3.8) is 0 Å². The lowest BCUT2D eigenvalue weighted by Gasteiger charge is -2.18. The molecule has 18 heteroatoms. The number of aryl methyl sites for hydroxylation is 8. The molecule has 0 atom stereocenters. The van der Waals surface area contributed by atoms with Gasteiger partial charge in [-0.15, -0.1) is 0 Å². The second-order valence-corrected chi connectivity index (χ2v) is 22.2. The summed E-state index contributed by atoms with van der Waals surface area (Å²) in [7, 11) is 0. The van der Waals surface area contributed by atoms with Crippen LogP contribution in [0.25, 0.3) is 146 Å². The first-order chi connectivity index (χ1) is 43.7. The van der Waals surface area contributed by atoms with Crippen LogP contribution in [0, 0.1) is 66.7 Å². The fourth-order valence-electron chi connectivity index (χ4n) is 12.1. The molecule has 15 aromatic rings. The zero-order valence-electron chi connectivity index (χ0n) is 50.2. The third-order valence-electron chi connectivity index (χ3n) is 15.9. The van der Waals surface area contributed by atoms with Crippen LogP contribution in [-0.2, 0) is 0 Å². The van der Waals surface area contributed by atoms with Gasteiger partial charge in [0.25, 0.3) is 0 Å². The van der Waals surface area contributed by atoms with Crippen molar-refractivity contribution in [1.29, 1.82) is 5.26 Å². The highest BCUT2D eigenvalue weighted by Gasteiger charge is 2.25. The Labute approximate surface area is 516 Å². The van der Waals surface area contributed by atoms with Crippen molar-refractivity contribution in [2.45, 2.75) is 55.4 Å². The van der Waals surface area contributed by atoms with Crippen LogP contribution in [0.15, 0.2) is 170 Å². The number of rotatable bonds is 10. The zero-order chi connectivity index (χ0) is 61.5. The van der Waals surface area contributed by atoms with Crippen molar-refractivity contribution in [2.75, 3.05) is 0 Å². The van der Waals surface area contributed by atoms with Crippen LogP contribution in [0.2, 0.25) is 0 Å². The topological polar surface area (TPSA) is 227 Å². The summed E-state index contributed by atoms with van der Waals surface area (Å²) in [6.45, 7) is 15.0. The highest BCUT2D eigenvalue weighted by Crippen LogP contribution is 2.43. The van der Waals surface area contributed by atoms with Gasteiger partial charge in [-0.1, -0.05) is 60.7 Å². The van der Waals surface area contributed by atoms with Crippen LogP contribution < -0.4 is 0 Å². The Morgan fingerprint density at radius 2 is 0.578 bits per heavy atom. The smallest absolute Gasteiger partial charge is 0.164 e. The molecule has 0 saturated heterocycles. The van der Waals surface area contributed by atoms with E-state index >= 15 is 0 Å². The third-order valence-corrected chi connectivity index (χ3v) is 15.9. The Morgan fingerprint density at radius 1 is 0.267 bits per heavy atom. The van der Waals surface area contributed by atoms with Crippen molar-refractivity contribution in [2.24, 2.45) is 0 Å². The third kappa shape index (κ3) is 9.85. The molecule has 0 aliphatic rings. The molecule has 0 fully saturated rings. The molecule has 0 aliphatic carbocycles. The number of nitriles is 1. The van der Waals surface area contributed by atoms with Gasteiger partial charge in [-0.3, -0.25) is 0 Å². The van der Waals surface area contributed by atoms with Gasteiger partial charge in [-0.25, -0.2) is 74.8 Å². The number of fused-ring (bicyclic) bond motifs is 6. The largest absolute Gasteiger partial charge is 0.309 e. The van der Waals surface area contributed by atoms with Crippen LogP contribution in [0.1, 0.15) is 52.2 Å². The van der Waals surface area contributed by atoms with E-state index in [1.54, 1.807) is 0 Å². The van der Waals surface area contributed by atoms with Gasteiger partial charge in [0.15, 0.2) is 40.8 Å². The number of benzene rings is 8. The maximum Gasteiger partial charge on any atom is 0.164 e. The number of aromatic nitrogens is 17. The summed E-state index contributed by atoms with van der Waals surface area (Å²) in [5.74, 6) is 8.78. The Bertz CT molecular complexity index is 5140. The number of hydrogen-bond acceptors (Lipinski definition) is 16. The van der Waals surface area contributed by atoms with Gasteiger partial charge in [0.05, 0.1) is 39.4 Å². The van der Waals surface area contributed by atoms with Gasteiger partial charge in [-0.2, -0.15) is 5.26 Å². The first kappa shape index (κ1) is 54.5. The fraction of sp³-hybridized carbons (Fsp3) is 0.111. The lowest BCUT2D eigenvalue weighted by Crippen LogP contribution is -2.03. The summed E-state index contributed by atoms with van der Waals surface area (Å²) in [6, 6.07) is 59.9. The van der Waals surface area contributed by atoms with Crippen molar-refractivity contribution < 1.29 is 0 Å². The minimum atomic E-state index is 0.445. The van der Waals surface area contributed by atoms with Crippen LogP contribution >= 0.6 is 0 Å². The van der Waals surface area contributed by atoms with Crippen LogP contribution in [0.3, 0.4) is 0 Å². The van der Waals surface area contributed by atoms with Crippen molar-refractivity contribution >= 4 is 43.6 Å². The maximum atomic E-state index is 11.5. The van der Waals surface area contributed by atoms with E-state index < -0.39 is 0 Å². The molecule has 0 saturated carbocycles. The Hall–Kier alpha value is -12.1. The van der Waals surface area contributed by atoms with E-state index in [1.165, 1.54) is 0 Å². The van der Waals surface area contributed by atoms with Crippen LogP contribution in [-0.4, -0.2) is 83.9 Å². The monoisotopic (exact) mass is 1170 g/mol. The van der Waals surface area contributed by atoms with Crippen molar-refractivity contribution in [1.82, 2.24) is 83.9 Å². The van der Waals surface area contributed by atoms with Crippen LogP contribution in [0.4, 0.5) is 0 Å². The molecule has 8 aromatic carbocycles. The summed E-state index contributed by atoms with van der Waals surface area (Å²) in [5.41, 5.74) is 12.7.